The Hall–Kier alpha value is -2.82. The summed E-state index contributed by atoms with van der Waals surface area (Å²) < 4.78 is 1.71. The minimum absolute atomic E-state index is 0.236. The van der Waals surface area contributed by atoms with Crippen molar-refractivity contribution in [3.8, 4) is 0 Å². The highest BCUT2D eigenvalue weighted by Gasteiger charge is 2.37. The van der Waals surface area contributed by atoms with Crippen LogP contribution >= 0.6 is 0 Å². The van der Waals surface area contributed by atoms with E-state index in [1.807, 2.05) is 25.1 Å². The van der Waals surface area contributed by atoms with Gasteiger partial charge in [-0.15, -0.1) is 5.10 Å². The molecule has 1 atom stereocenters. The standard InChI is InChI=1S/C18H24N6O4/c1-12-6-7-15-14(9-12)17(21-28)18(26)24(15)11-13-10-23(22-19-13)8-4-2-3-5-16(25)20-27/h6-7,9-10,17,21,27-28H,2-5,8,11H2,1H3,(H,20,25). The van der Waals surface area contributed by atoms with Crippen molar-refractivity contribution in [3.05, 3.63) is 41.2 Å². The van der Waals surface area contributed by atoms with Crippen molar-refractivity contribution in [1.29, 1.82) is 0 Å². The zero-order valence-corrected chi connectivity index (χ0v) is 15.6. The first-order valence-electron chi connectivity index (χ1n) is 9.17. The van der Waals surface area contributed by atoms with Gasteiger partial charge in [0, 0.05) is 24.2 Å². The van der Waals surface area contributed by atoms with Gasteiger partial charge in [0.25, 0.3) is 5.91 Å². The van der Waals surface area contributed by atoms with Crippen molar-refractivity contribution >= 4 is 17.5 Å². The number of unbranched alkanes of at least 4 members (excludes halogenated alkanes) is 2. The molecule has 0 saturated carbocycles. The van der Waals surface area contributed by atoms with Crippen LogP contribution in [0.1, 0.15) is 48.5 Å². The number of fused-ring (bicyclic) bond motifs is 1. The van der Waals surface area contributed by atoms with Crippen LogP contribution in [-0.2, 0) is 22.7 Å². The van der Waals surface area contributed by atoms with Gasteiger partial charge in [-0.05, 0) is 25.8 Å². The number of nitrogens with one attached hydrogen (secondary N) is 2. The molecule has 0 saturated heterocycles. The van der Waals surface area contributed by atoms with E-state index in [0.717, 1.165) is 29.7 Å². The van der Waals surface area contributed by atoms with E-state index < -0.39 is 6.04 Å². The number of aromatic nitrogens is 3. The number of benzene rings is 1. The number of hydrogen-bond acceptors (Lipinski definition) is 7. The van der Waals surface area contributed by atoms with Gasteiger partial charge in [-0.3, -0.25) is 19.5 Å². The molecular weight excluding hydrogens is 364 g/mol. The highest BCUT2D eigenvalue weighted by molar-refractivity contribution is 6.04. The fourth-order valence-corrected chi connectivity index (χ4v) is 3.32. The van der Waals surface area contributed by atoms with Crippen molar-refractivity contribution in [2.24, 2.45) is 0 Å². The van der Waals surface area contributed by atoms with Gasteiger partial charge in [-0.1, -0.05) is 29.3 Å². The van der Waals surface area contributed by atoms with Crippen LogP contribution in [0.15, 0.2) is 24.4 Å². The van der Waals surface area contributed by atoms with E-state index >= 15 is 0 Å². The average Bonchev–Trinajstić information content (AvgIpc) is 3.23. The summed E-state index contributed by atoms with van der Waals surface area (Å²) in [6.45, 7) is 2.85. The second-order valence-electron chi connectivity index (χ2n) is 6.87. The SMILES string of the molecule is Cc1ccc2c(c1)C(NO)C(=O)N2Cc1cn(CCCCCC(=O)NO)nn1. The molecule has 10 heteroatoms. The molecule has 2 aromatic rings. The highest BCUT2D eigenvalue weighted by Crippen LogP contribution is 2.37. The first kappa shape index (κ1) is 19.9. The molecule has 0 fully saturated rings. The van der Waals surface area contributed by atoms with Crippen LogP contribution < -0.4 is 15.9 Å². The summed E-state index contributed by atoms with van der Waals surface area (Å²) in [5.41, 5.74) is 6.86. The minimum atomic E-state index is -0.777. The van der Waals surface area contributed by atoms with Crippen molar-refractivity contribution < 1.29 is 20.0 Å². The van der Waals surface area contributed by atoms with Crippen molar-refractivity contribution in [2.75, 3.05) is 4.90 Å². The summed E-state index contributed by atoms with van der Waals surface area (Å²) in [5.74, 6) is -0.621. The Balaban J connectivity index is 1.58. The van der Waals surface area contributed by atoms with Crippen LogP contribution in [0.2, 0.25) is 0 Å². The van der Waals surface area contributed by atoms with Crippen molar-refractivity contribution in [3.63, 3.8) is 0 Å². The molecule has 2 amide bonds. The second kappa shape index (κ2) is 8.91. The Morgan fingerprint density at radius 1 is 1.25 bits per heavy atom. The van der Waals surface area contributed by atoms with E-state index in [2.05, 4.69) is 15.8 Å². The zero-order chi connectivity index (χ0) is 20.1. The molecule has 0 spiro atoms. The summed E-state index contributed by atoms with van der Waals surface area (Å²) in [4.78, 5) is 25.2. The maximum absolute atomic E-state index is 12.6. The largest absolute Gasteiger partial charge is 0.316 e. The van der Waals surface area contributed by atoms with Crippen molar-refractivity contribution in [1.82, 2.24) is 26.0 Å². The lowest BCUT2D eigenvalue weighted by molar-refractivity contribution is -0.129. The van der Waals surface area contributed by atoms with E-state index in [1.54, 1.807) is 21.3 Å². The first-order chi connectivity index (χ1) is 13.5. The van der Waals surface area contributed by atoms with Crippen LogP contribution in [0.25, 0.3) is 0 Å². The smallest absolute Gasteiger partial charge is 0.251 e. The molecule has 150 valence electrons. The summed E-state index contributed by atoms with van der Waals surface area (Å²) in [5, 5.41) is 26.1. The van der Waals surface area contributed by atoms with Gasteiger partial charge in [0.2, 0.25) is 5.91 Å². The monoisotopic (exact) mass is 388 g/mol. The highest BCUT2D eigenvalue weighted by atomic mass is 16.5. The van der Waals surface area contributed by atoms with Crippen LogP contribution in [0.5, 0.6) is 0 Å². The molecule has 10 nitrogen and oxygen atoms in total. The quantitative estimate of drug-likeness (QED) is 0.288. The number of hydroxylamine groups is 2. The minimum Gasteiger partial charge on any atom is -0.316 e. The molecule has 28 heavy (non-hydrogen) atoms. The normalized spacial score (nSPS) is 15.8. The molecule has 3 rings (SSSR count). The molecule has 1 unspecified atom stereocenters. The van der Waals surface area contributed by atoms with Crippen LogP contribution in [0.4, 0.5) is 5.69 Å². The number of carbonyl (C=O) groups is 2. The Bertz CT molecular complexity index is 852. The molecule has 4 N–H and O–H groups in total. The molecule has 0 bridgehead atoms. The molecule has 1 aromatic carbocycles. The lowest BCUT2D eigenvalue weighted by Crippen LogP contribution is -2.33. The maximum atomic E-state index is 12.6. The number of carbonyl (C=O) groups excluding carboxylic acids is 2. The van der Waals surface area contributed by atoms with Gasteiger partial charge in [0.05, 0.1) is 12.7 Å². The number of rotatable bonds is 9. The molecule has 0 radical (unpaired) electrons. The predicted octanol–water partition coefficient (Wildman–Crippen LogP) is 1.22. The number of amides is 2. The zero-order valence-electron chi connectivity index (χ0n) is 15.6. The van der Waals surface area contributed by atoms with Crippen LogP contribution in [0, 0.1) is 6.92 Å². The van der Waals surface area contributed by atoms with Gasteiger partial charge >= 0.3 is 0 Å². The lowest BCUT2D eigenvalue weighted by Gasteiger charge is -2.16. The molecule has 1 aromatic heterocycles. The van der Waals surface area contributed by atoms with Crippen LogP contribution in [-0.4, -0.2) is 37.2 Å². The fraction of sp³-hybridized carbons (Fsp3) is 0.444. The topological polar surface area (TPSA) is 133 Å². The summed E-state index contributed by atoms with van der Waals surface area (Å²) in [7, 11) is 0. The number of nitrogens with zero attached hydrogens (tertiary/aromatic N) is 4. The molecule has 1 aliphatic heterocycles. The van der Waals surface area contributed by atoms with E-state index in [-0.39, 0.29) is 24.8 Å². The van der Waals surface area contributed by atoms with Crippen molar-refractivity contribution in [2.45, 2.75) is 51.7 Å². The Morgan fingerprint density at radius 3 is 2.82 bits per heavy atom. The fourth-order valence-electron chi connectivity index (χ4n) is 3.32. The molecule has 0 aliphatic carbocycles. The van der Waals surface area contributed by atoms with Crippen LogP contribution in [0.3, 0.4) is 0 Å². The van der Waals surface area contributed by atoms with Gasteiger partial charge in [-0.2, -0.15) is 5.48 Å². The third-order valence-electron chi connectivity index (χ3n) is 4.75. The number of anilines is 1. The summed E-state index contributed by atoms with van der Waals surface area (Å²) in [6.07, 6.45) is 4.41. The van der Waals surface area contributed by atoms with E-state index in [4.69, 9.17) is 5.21 Å². The van der Waals surface area contributed by atoms with E-state index in [0.29, 0.717) is 18.7 Å². The number of aryl methyl sites for hydroxylation is 2. The molecule has 1 aliphatic rings. The predicted molar refractivity (Wildman–Crippen MR) is 98.5 cm³/mol. The van der Waals surface area contributed by atoms with Gasteiger partial charge < -0.3 is 10.1 Å². The van der Waals surface area contributed by atoms with E-state index in [1.165, 1.54) is 0 Å². The maximum Gasteiger partial charge on any atom is 0.251 e. The summed E-state index contributed by atoms with van der Waals surface area (Å²) in [6, 6.07) is 4.90. The summed E-state index contributed by atoms with van der Waals surface area (Å²) >= 11 is 0. The molecule has 2 heterocycles. The number of hydrogen-bond donors (Lipinski definition) is 4. The Labute approximate surface area is 162 Å². The van der Waals surface area contributed by atoms with Gasteiger partial charge in [0.15, 0.2) is 0 Å². The van der Waals surface area contributed by atoms with E-state index in [9.17, 15) is 14.8 Å². The second-order valence-corrected chi connectivity index (χ2v) is 6.87. The van der Waals surface area contributed by atoms with Gasteiger partial charge in [0.1, 0.15) is 11.7 Å². The lowest BCUT2D eigenvalue weighted by atomic mass is 10.1. The van der Waals surface area contributed by atoms with Gasteiger partial charge in [-0.25, -0.2) is 5.48 Å². The first-order valence-corrected chi connectivity index (χ1v) is 9.17. The Kier molecular flexibility index (Phi) is 6.34. The molecular formula is C18H24N6O4. The average molecular weight is 388 g/mol. The third kappa shape index (κ3) is 4.35. The Morgan fingerprint density at radius 2 is 2.07 bits per heavy atom. The third-order valence-corrected chi connectivity index (χ3v) is 4.75.